The molecule has 1 radical (unpaired) electrons. The summed E-state index contributed by atoms with van der Waals surface area (Å²) in [6, 6.07) is 5.88. The van der Waals surface area contributed by atoms with Crippen LogP contribution < -0.4 is 14.9 Å². The van der Waals surface area contributed by atoms with E-state index in [1.807, 2.05) is 52.1 Å². The zero-order chi connectivity index (χ0) is 16.1. The summed E-state index contributed by atoms with van der Waals surface area (Å²) in [4.78, 5) is 0. The molecule has 0 fully saturated rings. The Kier molecular flexibility index (Phi) is 6.44. The molecule has 0 bridgehead atoms. The van der Waals surface area contributed by atoms with E-state index in [0.717, 1.165) is 16.9 Å². The number of benzene rings is 1. The smallest absolute Gasteiger partial charge is 0.334 e. The fourth-order valence-electron chi connectivity index (χ4n) is 1.61. The minimum atomic E-state index is -0.476. The molecule has 4 nitrogen and oxygen atoms in total. The summed E-state index contributed by atoms with van der Waals surface area (Å²) in [6.07, 6.45) is 1.98. The van der Waals surface area contributed by atoms with Gasteiger partial charge in [0, 0.05) is 19.1 Å². The number of methoxy groups -OCH3 is 2. The van der Waals surface area contributed by atoms with Gasteiger partial charge in [0.05, 0.1) is 18.3 Å². The molecule has 21 heavy (non-hydrogen) atoms. The molecular weight excluding hydrogens is 285 g/mol. The number of hydrogen-bond donors (Lipinski definition) is 1. The van der Waals surface area contributed by atoms with E-state index >= 15 is 0 Å². The zero-order valence-corrected chi connectivity index (χ0v) is 14.8. The molecule has 0 heterocycles. The molecule has 0 aromatic heterocycles. The molecule has 1 aromatic rings. The highest BCUT2D eigenvalue weighted by Crippen LogP contribution is 2.28. The van der Waals surface area contributed by atoms with Crippen LogP contribution >= 0.6 is 11.9 Å². The van der Waals surface area contributed by atoms with Gasteiger partial charge in [0.2, 0.25) is 0 Å². The van der Waals surface area contributed by atoms with Crippen molar-refractivity contribution in [2.75, 3.05) is 25.2 Å². The monoisotopic (exact) mass is 310 g/mol. The maximum Gasteiger partial charge on any atom is 0.334 e. The quantitative estimate of drug-likeness (QED) is 0.590. The Labute approximate surface area is 133 Å². The van der Waals surface area contributed by atoms with E-state index in [9.17, 15) is 0 Å². The van der Waals surface area contributed by atoms with Gasteiger partial charge in [-0.1, -0.05) is 11.9 Å². The third-order valence-corrected chi connectivity index (χ3v) is 4.33. The lowest BCUT2D eigenvalue weighted by atomic mass is 9.82. The molecule has 0 aliphatic rings. The van der Waals surface area contributed by atoms with Gasteiger partial charge in [0.25, 0.3) is 0 Å². The summed E-state index contributed by atoms with van der Waals surface area (Å²) in [7, 11) is 5.07. The van der Waals surface area contributed by atoms with Gasteiger partial charge in [-0.25, -0.2) is 0 Å². The largest absolute Gasteiger partial charge is 0.497 e. The standard InChI is InChI=1S/C15H25BNO3S/c1-14(2,19-6)15(3,4)20-16-12-10-11(17-21-7)8-9-13(12)18-5/h8-10,17H,1-7H3. The molecule has 0 aliphatic carbocycles. The van der Waals surface area contributed by atoms with Crippen LogP contribution in [0.4, 0.5) is 5.69 Å². The second-order valence-electron chi connectivity index (χ2n) is 5.72. The number of anilines is 1. The molecule has 6 heteroatoms. The molecule has 0 spiro atoms. The van der Waals surface area contributed by atoms with Crippen molar-refractivity contribution in [1.82, 2.24) is 0 Å². The minimum absolute atomic E-state index is 0.411. The van der Waals surface area contributed by atoms with Gasteiger partial charge < -0.3 is 18.9 Å². The predicted octanol–water partition coefficient (Wildman–Crippen LogP) is 2.85. The van der Waals surface area contributed by atoms with Crippen molar-refractivity contribution >= 4 is 30.6 Å². The summed E-state index contributed by atoms with van der Waals surface area (Å²) < 4.78 is 20.1. The number of ether oxygens (including phenoxy) is 2. The van der Waals surface area contributed by atoms with Gasteiger partial charge in [-0.15, -0.1) is 0 Å². The van der Waals surface area contributed by atoms with Crippen molar-refractivity contribution in [1.29, 1.82) is 0 Å². The molecule has 1 N–H and O–H groups in total. The fraction of sp³-hybridized carbons (Fsp3) is 0.600. The van der Waals surface area contributed by atoms with Crippen LogP contribution in [-0.2, 0) is 9.39 Å². The molecule has 1 rings (SSSR count). The van der Waals surface area contributed by atoms with Crippen molar-refractivity contribution in [3.8, 4) is 5.75 Å². The number of rotatable bonds is 8. The predicted molar refractivity (Wildman–Crippen MR) is 91.8 cm³/mol. The third-order valence-electron chi connectivity index (χ3n) is 3.89. The van der Waals surface area contributed by atoms with Crippen LogP contribution in [0.5, 0.6) is 5.75 Å². The van der Waals surface area contributed by atoms with Crippen molar-refractivity contribution in [3.63, 3.8) is 0 Å². The summed E-state index contributed by atoms with van der Waals surface area (Å²) in [5, 5.41) is 0. The molecule has 0 saturated heterocycles. The maximum atomic E-state index is 5.98. The van der Waals surface area contributed by atoms with Crippen LogP contribution in [0.15, 0.2) is 18.2 Å². The lowest BCUT2D eigenvalue weighted by Gasteiger charge is -2.40. The van der Waals surface area contributed by atoms with E-state index in [1.54, 1.807) is 33.6 Å². The Balaban J connectivity index is 2.89. The van der Waals surface area contributed by atoms with Crippen LogP contribution in [0.2, 0.25) is 0 Å². The zero-order valence-electron chi connectivity index (χ0n) is 13.9. The highest BCUT2D eigenvalue weighted by molar-refractivity contribution is 7.99. The summed E-state index contributed by atoms with van der Waals surface area (Å²) >= 11 is 1.54. The first-order chi connectivity index (χ1) is 9.77. The molecule has 0 saturated carbocycles. The molecule has 1 aromatic carbocycles. The van der Waals surface area contributed by atoms with Crippen LogP contribution in [0, 0.1) is 0 Å². The molecule has 0 amide bonds. The first-order valence-electron chi connectivity index (χ1n) is 6.80. The first kappa shape index (κ1) is 18.2. The van der Waals surface area contributed by atoms with Crippen molar-refractivity contribution in [2.45, 2.75) is 38.9 Å². The van der Waals surface area contributed by atoms with E-state index in [2.05, 4.69) is 4.72 Å². The maximum absolute atomic E-state index is 5.98. The molecule has 0 aliphatic heterocycles. The normalized spacial score (nSPS) is 12.1. The molecule has 0 atom stereocenters. The molecular formula is C15H25BNO3S. The van der Waals surface area contributed by atoms with Crippen molar-refractivity contribution in [3.05, 3.63) is 18.2 Å². The van der Waals surface area contributed by atoms with Gasteiger partial charge in [-0.05, 0) is 51.4 Å². The minimum Gasteiger partial charge on any atom is -0.497 e. The van der Waals surface area contributed by atoms with Gasteiger partial charge in [-0.3, -0.25) is 0 Å². The lowest BCUT2D eigenvalue weighted by Crippen LogP contribution is -2.50. The second kappa shape index (κ2) is 7.43. The van der Waals surface area contributed by atoms with Crippen LogP contribution in [-0.4, -0.2) is 39.2 Å². The van der Waals surface area contributed by atoms with E-state index < -0.39 is 11.2 Å². The summed E-state index contributed by atoms with van der Waals surface area (Å²) in [5.41, 5.74) is 1.00. The van der Waals surface area contributed by atoms with Gasteiger partial charge in [-0.2, -0.15) is 0 Å². The molecule has 0 unspecified atom stereocenters. The van der Waals surface area contributed by atoms with Crippen LogP contribution in [0.1, 0.15) is 27.7 Å². The lowest BCUT2D eigenvalue weighted by molar-refractivity contribution is -0.114. The highest BCUT2D eigenvalue weighted by atomic mass is 32.2. The van der Waals surface area contributed by atoms with E-state index in [4.69, 9.17) is 14.1 Å². The van der Waals surface area contributed by atoms with Gasteiger partial charge in [0.15, 0.2) is 0 Å². The van der Waals surface area contributed by atoms with E-state index in [-0.39, 0.29) is 0 Å². The van der Waals surface area contributed by atoms with Gasteiger partial charge in [0.1, 0.15) is 5.75 Å². The average Bonchev–Trinajstić information content (AvgIpc) is 2.45. The van der Waals surface area contributed by atoms with Crippen molar-refractivity contribution < 1.29 is 14.1 Å². The summed E-state index contributed by atoms with van der Waals surface area (Å²) in [6.45, 7) is 8.01. The Morgan fingerprint density at radius 1 is 1.10 bits per heavy atom. The first-order valence-corrected chi connectivity index (χ1v) is 8.03. The molecule has 117 valence electrons. The number of hydrogen-bond acceptors (Lipinski definition) is 5. The van der Waals surface area contributed by atoms with Gasteiger partial charge >= 0.3 is 7.48 Å². The number of nitrogens with one attached hydrogen (secondary N) is 1. The fourth-order valence-corrected chi connectivity index (χ4v) is 1.97. The topological polar surface area (TPSA) is 39.7 Å². The van der Waals surface area contributed by atoms with Crippen LogP contribution in [0.25, 0.3) is 0 Å². The van der Waals surface area contributed by atoms with E-state index in [1.165, 1.54) is 0 Å². The average molecular weight is 310 g/mol. The Bertz CT molecular complexity index is 466. The third kappa shape index (κ3) is 4.56. The summed E-state index contributed by atoms with van der Waals surface area (Å²) in [5.74, 6) is 0.771. The Morgan fingerprint density at radius 2 is 1.76 bits per heavy atom. The highest BCUT2D eigenvalue weighted by Gasteiger charge is 2.38. The Morgan fingerprint density at radius 3 is 2.29 bits per heavy atom. The van der Waals surface area contributed by atoms with Crippen LogP contribution in [0.3, 0.4) is 0 Å². The Hall–Kier alpha value is -0.845. The SMILES string of the molecule is COc1ccc(NSC)cc1[B]OC(C)(C)C(C)(C)OC. The van der Waals surface area contributed by atoms with Crippen molar-refractivity contribution in [2.24, 2.45) is 0 Å². The second-order valence-corrected chi connectivity index (χ2v) is 6.34. The van der Waals surface area contributed by atoms with E-state index in [0.29, 0.717) is 0 Å².